The SMILES string of the molecule is COc1ccc(CN(C)C(=O)c2ccc(Oc3cccc(Br)c3)nc2)c(OC)c1. The van der Waals surface area contributed by atoms with Crippen LogP contribution in [0.15, 0.2) is 65.3 Å². The van der Waals surface area contributed by atoms with E-state index >= 15 is 0 Å². The van der Waals surface area contributed by atoms with Crippen molar-refractivity contribution in [2.75, 3.05) is 21.3 Å². The van der Waals surface area contributed by atoms with Gasteiger partial charge in [0.05, 0.1) is 19.8 Å². The van der Waals surface area contributed by atoms with Crippen molar-refractivity contribution in [3.05, 3.63) is 76.4 Å². The molecule has 0 saturated carbocycles. The van der Waals surface area contributed by atoms with Gasteiger partial charge in [0, 0.05) is 42.0 Å². The molecule has 0 atom stereocenters. The number of hydrogen-bond acceptors (Lipinski definition) is 5. The second-order valence-electron chi connectivity index (χ2n) is 6.28. The molecule has 150 valence electrons. The fraction of sp³-hybridized carbons (Fsp3) is 0.182. The molecule has 6 nitrogen and oxygen atoms in total. The van der Waals surface area contributed by atoms with Crippen LogP contribution < -0.4 is 14.2 Å². The minimum absolute atomic E-state index is 0.149. The Morgan fingerprint density at radius 3 is 2.52 bits per heavy atom. The number of carbonyl (C=O) groups excluding carboxylic acids is 1. The quantitative estimate of drug-likeness (QED) is 0.504. The summed E-state index contributed by atoms with van der Waals surface area (Å²) >= 11 is 3.40. The molecule has 0 bridgehead atoms. The minimum atomic E-state index is -0.149. The van der Waals surface area contributed by atoms with Gasteiger partial charge >= 0.3 is 0 Å². The number of methoxy groups -OCH3 is 2. The third-order valence-corrected chi connectivity index (χ3v) is 4.74. The zero-order valence-electron chi connectivity index (χ0n) is 16.4. The van der Waals surface area contributed by atoms with Gasteiger partial charge in [0.2, 0.25) is 5.88 Å². The molecule has 0 saturated heterocycles. The summed E-state index contributed by atoms with van der Waals surface area (Å²) in [5.74, 6) is 2.29. The van der Waals surface area contributed by atoms with Crippen molar-refractivity contribution < 1.29 is 19.0 Å². The molecule has 3 rings (SSSR count). The van der Waals surface area contributed by atoms with Gasteiger partial charge in [0.25, 0.3) is 5.91 Å². The van der Waals surface area contributed by atoms with Crippen molar-refractivity contribution in [2.24, 2.45) is 0 Å². The Kier molecular flexibility index (Phi) is 6.72. The van der Waals surface area contributed by atoms with E-state index in [1.54, 1.807) is 44.4 Å². The van der Waals surface area contributed by atoms with Gasteiger partial charge in [0.1, 0.15) is 17.2 Å². The molecule has 0 aliphatic rings. The van der Waals surface area contributed by atoms with Gasteiger partial charge in [-0.25, -0.2) is 4.98 Å². The van der Waals surface area contributed by atoms with E-state index in [-0.39, 0.29) is 5.91 Å². The number of halogens is 1. The molecular weight excluding hydrogens is 436 g/mol. The normalized spacial score (nSPS) is 10.3. The Morgan fingerprint density at radius 1 is 1.03 bits per heavy atom. The number of nitrogens with zero attached hydrogens (tertiary/aromatic N) is 2. The number of aromatic nitrogens is 1. The van der Waals surface area contributed by atoms with Crippen LogP contribution in [0.2, 0.25) is 0 Å². The van der Waals surface area contributed by atoms with Gasteiger partial charge in [-0.1, -0.05) is 22.0 Å². The molecule has 1 heterocycles. The van der Waals surface area contributed by atoms with Gasteiger partial charge in [-0.3, -0.25) is 4.79 Å². The van der Waals surface area contributed by atoms with Crippen LogP contribution in [-0.4, -0.2) is 37.1 Å². The lowest BCUT2D eigenvalue weighted by Crippen LogP contribution is -2.26. The zero-order valence-corrected chi connectivity index (χ0v) is 18.0. The van der Waals surface area contributed by atoms with E-state index in [0.29, 0.717) is 35.2 Å². The predicted molar refractivity (Wildman–Crippen MR) is 114 cm³/mol. The van der Waals surface area contributed by atoms with Crippen molar-refractivity contribution in [3.8, 4) is 23.1 Å². The molecule has 0 radical (unpaired) electrons. The lowest BCUT2D eigenvalue weighted by Gasteiger charge is -2.19. The fourth-order valence-corrected chi connectivity index (χ4v) is 3.13. The highest BCUT2D eigenvalue weighted by molar-refractivity contribution is 9.10. The zero-order chi connectivity index (χ0) is 20.8. The van der Waals surface area contributed by atoms with Crippen LogP contribution in [-0.2, 0) is 6.54 Å². The molecular formula is C22H21BrN2O4. The first-order valence-corrected chi connectivity index (χ1v) is 9.65. The Labute approximate surface area is 178 Å². The van der Waals surface area contributed by atoms with E-state index in [1.165, 1.54) is 6.20 Å². The van der Waals surface area contributed by atoms with Crippen LogP contribution in [0.25, 0.3) is 0 Å². The summed E-state index contributed by atoms with van der Waals surface area (Å²) in [6.45, 7) is 0.391. The predicted octanol–water partition coefficient (Wildman–Crippen LogP) is 4.93. The Hall–Kier alpha value is -3.06. The van der Waals surface area contributed by atoms with Gasteiger partial charge in [-0.05, 0) is 36.4 Å². The van der Waals surface area contributed by atoms with Crippen molar-refractivity contribution in [1.82, 2.24) is 9.88 Å². The monoisotopic (exact) mass is 456 g/mol. The van der Waals surface area contributed by atoms with E-state index in [1.807, 2.05) is 36.4 Å². The van der Waals surface area contributed by atoms with Crippen LogP contribution >= 0.6 is 15.9 Å². The van der Waals surface area contributed by atoms with Crippen molar-refractivity contribution in [3.63, 3.8) is 0 Å². The Balaban J connectivity index is 1.68. The number of ether oxygens (including phenoxy) is 3. The molecule has 29 heavy (non-hydrogen) atoms. The number of benzene rings is 2. The topological polar surface area (TPSA) is 60.9 Å². The fourth-order valence-electron chi connectivity index (χ4n) is 2.75. The molecule has 1 amide bonds. The van der Waals surface area contributed by atoms with E-state index in [2.05, 4.69) is 20.9 Å². The average Bonchev–Trinajstić information content (AvgIpc) is 2.74. The van der Waals surface area contributed by atoms with E-state index in [9.17, 15) is 4.79 Å². The number of pyridine rings is 1. The highest BCUT2D eigenvalue weighted by Crippen LogP contribution is 2.26. The van der Waals surface area contributed by atoms with Crippen LogP contribution in [0.4, 0.5) is 0 Å². The summed E-state index contributed by atoms with van der Waals surface area (Å²) in [6.07, 6.45) is 1.51. The summed E-state index contributed by atoms with van der Waals surface area (Å²) in [7, 11) is 4.92. The Bertz CT molecular complexity index is 992. The summed E-state index contributed by atoms with van der Waals surface area (Å²) in [5, 5.41) is 0. The molecule has 0 aliphatic carbocycles. The first-order chi connectivity index (χ1) is 14.0. The lowest BCUT2D eigenvalue weighted by molar-refractivity contribution is 0.0783. The first-order valence-electron chi connectivity index (χ1n) is 8.86. The Morgan fingerprint density at radius 2 is 1.86 bits per heavy atom. The summed E-state index contributed by atoms with van der Waals surface area (Å²) < 4.78 is 17.2. The van der Waals surface area contributed by atoms with Crippen LogP contribution in [0.1, 0.15) is 15.9 Å². The van der Waals surface area contributed by atoms with Crippen molar-refractivity contribution >= 4 is 21.8 Å². The summed E-state index contributed by atoms with van der Waals surface area (Å²) in [6, 6.07) is 16.4. The van der Waals surface area contributed by atoms with E-state index in [4.69, 9.17) is 14.2 Å². The summed E-state index contributed by atoms with van der Waals surface area (Å²) in [4.78, 5) is 18.6. The molecule has 1 aromatic heterocycles. The smallest absolute Gasteiger partial charge is 0.255 e. The number of hydrogen-bond donors (Lipinski definition) is 0. The number of amides is 1. The van der Waals surface area contributed by atoms with Crippen LogP contribution in [0.5, 0.6) is 23.1 Å². The van der Waals surface area contributed by atoms with Crippen molar-refractivity contribution in [1.29, 1.82) is 0 Å². The highest BCUT2D eigenvalue weighted by atomic mass is 79.9. The third-order valence-electron chi connectivity index (χ3n) is 4.25. The van der Waals surface area contributed by atoms with Crippen molar-refractivity contribution in [2.45, 2.75) is 6.54 Å². The maximum absolute atomic E-state index is 12.8. The molecule has 0 N–H and O–H groups in total. The van der Waals surface area contributed by atoms with E-state index in [0.717, 1.165) is 10.0 Å². The molecule has 0 aliphatic heterocycles. The van der Waals surface area contributed by atoms with Crippen LogP contribution in [0.3, 0.4) is 0 Å². The van der Waals surface area contributed by atoms with Crippen LogP contribution in [0, 0.1) is 0 Å². The third kappa shape index (κ3) is 5.26. The molecule has 0 fully saturated rings. The second-order valence-corrected chi connectivity index (χ2v) is 7.20. The average molecular weight is 457 g/mol. The van der Waals surface area contributed by atoms with E-state index < -0.39 is 0 Å². The maximum Gasteiger partial charge on any atom is 0.255 e. The van der Waals surface area contributed by atoms with Gasteiger partial charge in [-0.15, -0.1) is 0 Å². The largest absolute Gasteiger partial charge is 0.497 e. The maximum atomic E-state index is 12.8. The second kappa shape index (κ2) is 9.43. The van der Waals surface area contributed by atoms with Gasteiger partial charge in [-0.2, -0.15) is 0 Å². The molecule has 2 aromatic carbocycles. The lowest BCUT2D eigenvalue weighted by atomic mass is 10.1. The molecule has 3 aromatic rings. The first kappa shape index (κ1) is 20.7. The number of rotatable bonds is 7. The standard InChI is InChI=1S/C22H21BrN2O4/c1-25(14-16-7-9-18(27-2)12-20(16)28-3)22(26)15-8-10-21(24-13-15)29-19-6-4-5-17(23)11-19/h4-13H,14H2,1-3H3. The number of carbonyl (C=O) groups is 1. The minimum Gasteiger partial charge on any atom is -0.497 e. The summed E-state index contributed by atoms with van der Waals surface area (Å²) in [5.41, 5.74) is 1.35. The molecule has 0 spiro atoms. The highest BCUT2D eigenvalue weighted by Gasteiger charge is 2.15. The molecule has 7 heteroatoms. The van der Waals surface area contributed by atoms with Gasteiger partial charge < -0.3 is 19.1 Å². The molecule has 0 unspecified atom stereocenters. The van der Waals surface area contributed by atoms with Gasteiger partial charge in [0.15, 0.2) is 0 Å².